The topological polar surface area (TPSA) is 74.1 Å². The van der Waals surface area contributed by atoms with Crippen LogP contribution >= 0.6 is 0 Å². The molecule has 1 aromatic heterocycles. The molecular weight excluding hydrogens is 317 g/mol. The van der Waals surface area contributed by atoms with E-state index in [-0.39, 0.29) is 4.90 Å². The summed E-state index contributed by atoms with van der Waals surface area (Å²) in [4.78, 5) is 3.60. The lowest BCUT2D eigenvalue weighted by atomic mass is 10.1. The largest absolute Gasteiger partial charge is 0.265 e. The van der Waals surface area contributed by atoms with Crippen molar-refractivity contribution >= 4 is 10.0 Å². The van der Waals surface area contributed by atoms with E-state index < -0.39 is 27.4 Å². The molecule has 1 heterocycles. The third kappa shape index (κ3) is 3.23. The van der Waals surface area contributed by atoms with Gasteiger partial charge >= 0.3 is 0 Å². The zero-order valence-electron chi connectivity index (χ0n) is 12.8. The minimum absolute atomic E-state index is 0.324. The van der Waals surface area contributed by atoms with Gasteiger partial charge in [-0.05, 0) is 36.2 Å². The Hall–Kier alpha value is -2.30. The fourth-order valence-electron chi connectivity index (χ4n) is 2.44. The van der Waals surface area contributed by atoms with Gasteiger partial charge in [0.25, 0.3) is 0 Å². The van der Waals surface area contributed by atoms with Gasteiger partial charge in [-0.25, -0.2) is 12.8 Å². The molecular formula is C16H16FN3O2S. The molecule has 0 aliphatic heterocycles. The van der Waals surface area contributed by atoms with E-state index in [2.05, 4.69) is 4.98 Å². The Morgan fingerprint density at radius 3 is 2.52 bits per heavy atom. The average Bonchev–Trinajstić information content (AvgIpc) is 2.56. The number of hydrogen-bond donors (Lipinski definition) is 0. The van der Waals surface area contributed by atoms with Crippen molar-refractivity contribution in [3.8, 4) is 6.07 Å². The van der Waals surface area contributed by atoms with Gasteiger partial charge < -0.3 is 0 Å². The Labute approximate surface area is 135 Å². The minimum Gasteiger partial charge on any atom is -0.265 e. The van der Waals surface area contributed by atoms with E-state index in [9.17, 15) is 12.8 Å². The number of rotatable bonds is 5. The van der Waals surface area contributed by atoms with Crippen LogP contribution in [0.2, 0.25) is 0 Å². The van der Waals surface area contributed by atoms with E-state index in [1.54, 1.807) is 30.6 Å². The maximum absolute atomic E-state index is 13.7. The Morgan fingerprint density at radius 2 is 1.96 bits per heavy atom. The molecule has 0 saturated heterocycles. The van der Waals surface area contributed by atoms with E-state index in [1.165, 1.54) is 19.2 Å². The SMILES string of the molecule is CCC(c1ccncc1)N(C)S(=O)(=O)c1cccc(F)c1C#N. The highest BCUT2D eigenvalue weighted by Gasteiger charge is 2.31. The van der Waals surface area contributed by atoms with Crippen molar-refractivity contribution in [1.82, 2.24) is 9.29 Å². The molecule has 2 rings (SSSR count). The van der Waals surface area contributed by atoms with E-state index in [1.807, 2.05) is 6.92 Å². The van der Waals surface area contributed by atoms with Crippen LogP contribution in [-0.2, 0) is 10.0 Å². The van der Waals surface area contributed by atoms with Crippen molar-refractivity contribution in [2.75, 3.05) is 7.05 Å². The third-order valence-corrected chi connectivity index (χ3v) is 5.57. The van der Waals surface area contributed by atoms with Crippen LogP contribution in [0.15, 0.2) is 47.6 Å². The summed E-state index contributed by atoms with van der Waals surface area (Å²) in [5.41, 5.74) is 0.312. The molecule has 1 unspecified atom stereocenters. The summed E-state index contributed by atoms with van der Waals surface area (Å²) in [5, 5.41) is 9.08. The number of benzene rings is 1. The molecule has 0 N–H and O–H groups in total. The third-order valence-electron chi connectivity index (χ3n) is 3.66. The van der Waals surface area contributed by atoms with Crippen LogP contribution in [0, 0.1) is 17.1 Å². The van der Waals surface area contributed by atoms with Crippen LogP contribution in [0.4, 0.5) is 4.39 Å². The number of nitrogens with zero attached hydrogens (tertiary/aromatic N) is 3. The second kappa shape index (κ2) is 6.86. The Balaban J connectivity index is 2.51. The summed E-state index contributed by atoms with van der Waals surface area (Å²) in [5.74, 6) is -0.848. The molecule has 1 atom stereocenters. The zero-order valence-corrected chi connectivity index (χ0v) is 13.6. The van der Waals surface area contributed by atoms with E-state index in [4.69, 9.17) is 5.26 Å². The fourth-order valence-corrected chi connectivity index (χ4v) is 4.01. The summed E-state index contributed by atoms with van der Waals surface area (Å²) in [6.45, 7) is 1.86. The average molecular weight is 333 g/mol. The van der Waals surface area contributed by atoms with Crippen LogP contribution < -0.4 is 0 Å². The lowest BCUT2D eigenvalue weighted by molar-refractivity contribution is 0.366. The van der Waals surface area contributed by atoms with Gasteiger partial charge in [0.05, 0.1) is 0 Å². The lowest BCUT2D eigenvalue weighted by Gasteiger charge is -2.27. The molecule has 0 radical (unpaired) electrons. The quantitative estimate of drug-likeness (QED) is 0.843. The number of halogens is 1. The Kier molecular flexibility index (Phi) is 5.08. The maximum atomic E-state index is 13.7. The smallest absolute Gasteiger partial charge is 0.244 e. The predicted molar refractivity (Wildman–Crippen MR) is 83.3 cm³/mol. The molecule has 0 spiro atoms. The van der Waals surface area contributed by atoms with E-state index in [0.29, 0.717) is 6.42 Å². The molecule has 120 valence electrons. The number of sulfonamides is 1. The van der Waals surface area contributed by atoms with Gasteiger partial charge in [-0.2, -0.15) is 9.57 Å². The van der Waals surface area contributed by atoms with Crippen LogP contribution in [0.5, 0.6) is 0 Å². The van der Waals surface area contributed by atoms with Crippen LogP contribution in [0.1, 0.15) is 30.5 Å². The van der Waals surface area contributed by atoms with Crippen molar-refractivity contribution < 1.29 is 12.8 Å². The molecule has 0 fully saturated rings. The van der Waals surface area contributed by atoms with Crippen molar-refractivity contribution in [3.05, 3.63) is 59.7 Å². The number of hydrogen-bond acceptors (Lipinski definition) is 4. The van der Waals surface area contributed by atoms with Crippen molar-refractivity contribution in [1.29, 1.82) is 5.26 Å². The first-order chi connectivity index (χ1) is 10.9. The van der Waals surface area contributed by atoms with Crippen molar-refractivity contribution in [2.24, 2.45) is 0 Å². The summed E-state index contributed by atoms with van der Waals surface area (Å²) >= 11 is 0. The predicted octanol–water partition coefficient (Wildman–Crippen LogP) is 2.86. The molecule has 7 heteroatoms. The zero-order chi connectivity index (χ0) is 17.0. The summed E-state index contributed by atoms with van der Waals surface area (Å²) in [7, 11) is -2.59. The van der Waals surface area contributed by atoms with Crippen LogP contribution in [0.25, 0.3) is 0 Å². The summed E-state index contributed by atoms with van der Waals surface area (Å²) in [6.07, 6.45) is 3.69. The van der Waals surface area contributed by atoms with Crippen LogP contribution in [-0.4, -0.2) is 24.8 Å². The van der Waals surface area contributed by atoms with Gasteiger partial charge in [0.2, 0.25) is 10.0 Å². The summed E-state index contributed by atoms with van der Waals surface area (Å²) in [6, 6.07) is 8.26. The Morgan fingerprint density at radius 1 is 1.30 bits per heavy atom. The van der Waals surface area contributed by atoms with Crippen molar-refractivity contribution in [2.45, 2.75) is 24.3 Å². The van der Waals surface area contributed by atoms with Gasteiger partial charge in [-0.1, -0.05) is 13.0 Å². The number of nitriles is 1. The van der Waals surface area contributed by atoms with E-state index >= 15 is 0 Å². The maximum Gasteiger partial charge on any atom is 0.244 e. The molecule has 0 bridgehead atoms. The molecule has 0 aliphatic carbocycles. The van der Waals surface area contributed by atoms with Gasteiger partial charge in [0.1, 0.15) is 22.3 Å². The molecule has 0 aliphatic rings. The highest BCUT2D eigenvalue weighted by molar-refractivity contribution is 7.89. The molecule has 0 amide bonds. The second-order valence-corrected chi connectivity index (χ2v) is 6.92. The monoisotopic (exact) mass is 333 g/mol. The standard InChI is InChI=1S/C16H16FN3O2S/c1-3-15(12-7-9-19-10-8-12)20(2)23(21,22)16-6-4-5-14(17)13(16)11-18/h4-10,15H,3H2,1-2H3. The molecule has 1 aromatic carbocycles. The first kappa shape index (κ1) is 17.1. The first-order valence-electron chi connectivity index (χ1n) is 7.00. The number of aromatic nitrogens is 1. The van der Waals surface area contributed by atoms with Crippen LogP contribution in [0.3, 0.4) is 0 Å². The fraction of sp³-hybridized carbons (Fsp3) is 0.250. The molecule has 23 heavy (non-hydrogen) atoms. The molecule has 0 saturated carbocycles. The number of pyridine rings is 1. The molecule has 5 nitrogen and oxygen atoms in total. The van der Waals surface area contributed by atoms with Crippen molar-refractivity contribution in [3.63, 3.8) is 0 Å². The normalized spacial score (nSPS) is 12.8. The van der Waals surface area contributed by atoms with Gasteiger partial charge in [-0.3, -0.25) is 4.98 Å². The highest BCUT2D eigenvalue weighted by Crippen LogP contribution is 2.30. The molecule has 2 aromatic rings. The first-order valence-corrected chi connectivity index (χ1v) is 8.44. The second-order valence-electron chi connectivity index (χ2n) is 4.95. The van der Waals surface area contributed by atoms with Gasteiger partial charge in [-0.15, -0.1) is 0 Å². The van der Waals surface area contributed by atoms with Gasteiger partial charge in [0, 0.05) is 25.5 Å². The van der Waals surface area contributed by atoms with Gasteiger partial charge in [0.15, 0.2) is 0 Å². The highest BCUT2D eigenvalue weighted by atomic mass is 32.2. The Bertz CT molecular complexity index is 832. The summed E-state index contributed by atoms with van der Waals surface area (Å²) < 4.78 is 40.6. The lowest BCUT2D eigenvalue weighted by Crippen LogP contribution is -2.31. The minimum atomic E-state index is -4.01. The van der Waals surface area contributed by atoms with E-state index in [0.717, 1.165) is 15.9 Å².